The molecule has 2 N–H and O–H groups in total. The molecule has 0 amide bonds. The first-order valence-corrected chi connectivity index (χ1v) is 6.17. The van der Waals surface area contributed by atoms with Crippen molar-refractivity contribution >= 4 is 34.0 Å². The number of nitrogens with zero attached hydrogens (tertiary/aromatic N) is 1. The molecular weight excluding hydrogens is 221 g/mol. The standard InChI is InChI=1S/C11H14BNO2S/c1-7(2)3-8-4-13-5-9-10(12(14)15)6-16-11(8)9/h4-7,14-15H,3H2,1-2H3. The minimum absolute atomic E-state index is 0.554. The molecular formula is C11H14BNO2S. The van der Waals surface area contributed by atoms with Crippen molar-refractivity contribution in [3.63, 3.8) is 0 Å². The lowest BCUT2D eigenvalue weighted by Gasteiger charge is -2.05. The molecule has 0 fully saturated rings. The minimum Gasteiger partial charge on any atom is -0.423 e. The van der Waals surface area contributed by atoms with Crippen molar-refractivity contribution < 1.29 is 10.0 Å². The number of hydrogen-bond donors (Lipinski definition) is 2. The van der Waals surface area contributed by atoms with E-state index in [0.717, 1.165) is 16.5 Å². The van der Waals surface area contributed by atoms with Crippen LogP contribution in [0.25, 0.3) is 10.1 Å². The molecule has 0 radical (unpaired) electrons. The summed E-state index contributed by atoms with van der Waals surface area (Å²) < 4.78 is 1.12. The second-order valence-electron chi connectivity index (χ2n) is 4.34. The normalized spacial score (nSPS) is 11.3. The summed E-state index contributed by atoms with van der Waals surface area (Å²) in [5.74, 6) is 0.567. The molecule has 0 saturated carbocycles. The van der Waals surface area contributed by atoms with Crippen LogP contribution in [-0.2, 0) is 6.42 Å². The van der Waals surface area contributed by atoms with E-state index in [-0.39, 0.29) is 0 Å². The first kappa shape index (κ1) is 11.6. The average molecular weight is 235 g/mol. The van der Waals surface area contributed by atoms with Gasteiger partial charge in [0.15, 0.2) is 0 Å². The van der Waals surface area contributed by atoms with Gasteiger partial charge in [-0.2, -0.15) is 0 Å². The smallest absolute Gasteiger partial charge is 0.423 e. The highest BCUT2D eigenvalue weighted by atomic mass is 32.1. The van der Waals surface area contributed by atoms with Crippen molar-refractivity contribution in [1.82, 2.24) is 4.98 Å². The van der Waals surface area contributed by atoms with Gasteiger partial charge in [-0.05, 0) is 23.3 Å². The molecule has 2 heterocycles. The molecule has 5 heteroatoms. The predicted molar refractivity (Wildman–Crippen MR) is 68.0 cm³/mol. The molecule has 0 aliphatic carbocycles. The number of thiophene rings is 1. The lowest BCUT2D eigenvalue weighted by Crippen LogP contribution is -2.28. The van der Waals surface area contributed by atoms with E-state index in [1.807, 2.05) is 6.20 Å². The Morgan fingerprint density at radius 3 is 2.75 bits per heavy atom. The largest absolute Gasteiger partial charge is 0.489 e. The maximum Gasteiger partial charge on any atom is 0.489 e. The minimum atomic E-state index is -1.41. The van der Waals surface area contributed by atoms with Crippen LogP contribution in [0, 0.1) is 5.92 Å². The summed E-state index contributed by atoms with van der Waals surface area (Å²) in [4.78, 5) is 4.17. The second kappa shape index (κ2) is 4.53. The summed E-state index contributed by atoms with van der Waals surface area (Å²) in [5.41, 5.74) is 1.74. The van der Waals surface area contributed by atoms with Gasteiger partial charge in [0.05, 0.1) is 0 Å². The van der Waals surface area contributed by atoms with Crippen molar-refractivity contribution in [1.29, 1.82) is 0 Å². The summed E-state index contributed by atoms with van der Waals surface area (Å²) in [7, 11) is -1.41. The third-order valence-electron chi connectivity index (χ3n) is 2.49. The molecule has 0 aliphatic heterocycles. The number of fused-ring (bicyclic) bond motifs is 1. The summed E-state index contributed by atoms with van der Waals surface area (Å²) in [6, 6.07) is 0. The van der Waals surface area contributed by atoms with Gasteiger partial charge in [-0.15, -0.1) is 11.3 Å². The predicted octanol–water partition coefficient (Wildman–Crippen LogP) is 1.17. The Morgan fingerprint density at radius 1 is 1.38 bits per heavy atom. The number of pyridine rings is 1. The van der Waals surface area contributed by atoms with Crippen LogP contribution in [0.4, 0.5) is 0 Å². The molecule has 0 spiro atoms. The summed E-state index contributed by atoms with van der Waals surface area (Å²) in [6.45, 7) is 4.32. The van der Waals surface area contributed by atoms with E-state index in [1.54, 1.807) is 22.9 Å². The Labute approximate surface area is 98.9 Å². The van der Waals surface area contributed by atoms with Crippen LogP contribution in [0.1, 0.15) is 19.4 Å². The van der Waals surface area contributed by atoms with Gasteiger partial charge in [-0.25, -0.2) is 0 Å². The van der Waals surface area contributed by atoms with Crippen LogP contribution in [0.5, 0.6) is 0 Å². The van der Waals surface area contributed by atoms with Crippen LogP contribution < -0.4 is 5.46 Å². The van der Waals surface area contributed by atoms with E-state index in [9.17, 15) is 10.0 Å². The third kappa shape index (κ3) is 2.12. The summed E-state index contributed by atoms with van der Waals surface area (Å²) >= 11 is 1.55. The first-order valence-electron chi connectivity index (χ1n) is 5.29. The molecule has 2 aromatic rings. The Bertz CT molecular complexity index is 496. The zero-order chi connectivity index (χ0) is 11.7. The molecule has 2 aromatic heterocycles. The number of rotatable bonds is 3. The highest BCUT2D eigenvalue weighted by Crippen LogP contribution is 2.24. The van der Waals surface area contributed by atoms with Crippen LogP contribution >= 0.6 is 11.3 Å². The molecule has 0 saturated heterocycles. The van der Waals surface area contributed by atoms with E-state index in [4.69, 9.17) is 0 Å². The summed E-state index contributed by atoms with van der Waals surface area (Å²) in [6.07, 6.45) is 4.53. The maximum atomic E-state index is 9.22. The van der Waals surface area contributed by atoms with Gasteiger partial charge in [0, 0.05) is 27.9 Å². The van der Waals surface area contributed by atoms with Gasteiger partial charge in [0.1, 0.15) is 0 Å². The average Bonchev–Trinajstić information content (AvgIpc) is 2.61. The molecule has 3 nitrogen and oxygen atoms in total. The Kier molecular flexibility index (Phi) is 3.28. The Morgan fingerprint density at radius 2 is 2.12 bits per heavy atom. The van der Waals surface area contributed by atoms with E-state index in [1.165, 1.54) is 5.56 Å². The lowest BCUT2D eigenvalue weighted by molar-refractivity contribution is 0.426. The molecule has 0 unspecified atom stereocenters. The Balaban J connectivity index is 2.53. The fourth-order valence-electron chi connectivity index (χ4n) is 1.81. The van der Waals surface area contributed by atoms with E-state index in [0.29, 0.717) is 11.4 Å². The van der Waals surface area contributed by atoms with Crippen molar-refractivity contribution in [3.8, 4) is 0 Å². The van der Waals surface area contributed by atoms with Crippen molar-refractivity contribution in [2.24, 2.45) is 5.92 Å². The fourth-order valence-corrected chi connectivity index (χ4v) is 2.89. The van der Waals surface area contributed by atoms with Crippen LogP contribution in [0.3, 0.4) is 0 Å². The first-order chi connectivity index (χ1) is 7.59. The van der Waals surface area contributed by atoms with Gasteiger partial charge in [0.2, 0.25) is 0 Å². The van der Waals surface area contributed by atoms with Gasteiger partial charge in [0.25, 0.3) is 0 Å². The van der Waals surface area contributed by atoms with Gasteiger partial charge >= 0.3 is 7.12 Å². The number of hydrogen-bond acceptors (Lipinski definition) is 4. The molecule has 16 heavy (non-hydrogen) atoms. The summed E-state index contributed by atoms with van der Waals surface area (Å²) in [5, 5.41) is 21.1. The zero-order valence-corrected chi connectivity index (χ0v) is 10.2. The SMILES string of the molecule is CC(C)Cc1cncc2c(B(O)O)csc12. The van der Waals surface area contributed by atoms with Crippen molar-refractivity contribution in [2.75, 3.05) is 0 Å². The van der Waals surface area contributed by atoms with Crippen LogP contribution in [0.2, 0.25) is 0 Å². The fraction of sp³-hybridized carbons (Fsp3) is 0.364. The van der Waals surface area contributed by atoms with Gasteiger partial charge < -0.3 is 10.0 Å². The highest BCUT2D eigenvalue weighted by Gasteiger charge is 2.18. The monoisotopic (exact) mass is 235 g/mol. The molecule has 84 valence electrons. The Hall–Kier alpha value is -0.905. The second-order valence-corrected chi connectivity index (χ2v) is 5.22. The van der Waals surface area contributed by atoms with Crippen molar-refractivity contribution in [2.45, 2.75) is 20.3 Å². The van der Waals surface area contributed by atoms with Gasteiger partial charge in [-0.3, -0.25) is 4.98 Å². The zero-order valence-electron chi connectivity index (χ0n) is 9.34. The lowest BCUT2D eigenvalue weighted by atomic mass is 9.80. The van der Waals surface area contributed by atoms with E-state index in [2.05, 4.69) is 18.8 Å². The van der Waals surface area contributed by atoms with E-state index < -0.39 is 7.12 Å². The topological polar surface area (TPSA) is 53.4 Å². The molecule has 0 aromatic carbocycles. The van der Waals surface area contributed by atoms with Crippen LogP contribution in [0.15, 0.2) is 17.8 Å². The third-order valence-corrected chi connectivity index (χ3v) is 3.58. The maximum absolute atomic E-state index is 9.22. The van der Waals surface area contributed by atoms with E-state index >= 15 is 0 Å². The molecule has 2 rings (SSSR count). The highest BCUT2D eigenvalue weighted by molar-refractivity contribution is 7.18. The molecule has 0 bridgehead atoms. The molecule has 0 atom stereocenters. The molecule has 0 aliphatic rings. The van der Waals surface area contributed by atoms with Crippen LogP contribution in [-0.4, -0.2) is 22.2 Å². The van der Waals surface area contributed by atoms with Crippen molar-refractivity contribution in [3.05, 3.63) is 23.3 Å². The quantitative estimate of drug-likeness (QED) is 0.785. The van der Waals surface area contributed by atoms with Gasteiger partial charge in [-0.1, -0.05) is 13.8 Å². The number of aromatic nitrogens is 1.